The zero-order valence-corrected chi connectivity index (χ0v) is 10.4. The molecule has 5 heteroatoms. The highest BCUT2D eigenvalue weighted by Gasteiger charge is 2.26. The number of likely N-dealkylation sites (tertiary alicyclic amines) is 1. The fourth-order valence-electron chi connectivity index (χ4n) is 2.24. The third-order valence-electron chi connectivity index (χ3n) is 3.30. The summed E-state index contributed by atoms with van der Waals surface area (Å²) in [6.07, 6.45) is 4.34. The smallest absolute Gasteiger partial charge is 0.236 e. The van der Waals surface area contributed by atoms with Gasteiger partial charge in [0, 0.05) is 32.1 Å². The quantitative estimate of drug-likeness (QED) is 0.718. The van der Waals surface area contributed by atoms with Gasteiger partial charge < -0.3 is 15.5 Å². The second-order valence-electron chi connectivity index (χ2n) is 5.03. The number of nitrogens with one attached hydrogen (secondary N) is 2. The van der Waals surface area contributed by atoms with E-state index in [1.807, 2.05) is 4.90 Å². The van der Waals surface area contributed by atoms with Crippen LogP contribution in [0, 0.1) is 0 Å². The van der Waals surface area contributed by atoms with E-state index < -0.39 is 0 Å². The molecule has 0 aromatic rings. The van der Waals surface area contributed by atoms with Gasteiger partial charge in [-0.15, -0.1) is 0 Å². The average molecular weight is 239 g/mol. The largest absolute Gasteiger partial charge is 0.352 e. The van der Waals surface area contributed by atoms with Gasteiger partial charge in [0.05, 0.1) is 6.54 Å². The summed E-state index contributed by atoms with van der Waals surface area (Å²) in [7, 11) is 0. The molecule has 0 bridgehead atoms. The highest BCUT2D eigenvalue weighted by Crippen LogP contribution is 2.18. The lowest BCUT2D eigenvalue weighted by Gasteiger charge is -2.33. The number of carbonyl (C=O) groups is 2. The Balaban J connectivity index is 1.74. The Morgan fingerprint density at radius 1 is 1.24 bits per heavy atom. The van der Waals surface area contributed by atoms with E-state index >= 15 is 0 Å². The summed E-state index contributed by atoms with van der Waals surface area (Å²) in [6.45, 7) is 3.44. The molecule has 0 radical (unpaired) electrons. The molecule has 1 atom stereocenters. The van der Waals surface area contributed by atoms with Crippen LogP contribution < -0.4 is 10.6 Å². The van der Waals surface area contributed by atoms with E-state index in [9.17, 15) is 9.59 Å². The number of amides is 2. The van der Waals surface area contributed by atoms with Crippen LogP contribution in [0.25, 0.3) is 0 Å². The number of hydrogen-bond donors (Lipinski definition) is 2. The Labute approximate surface area is 102 Å². The second kappa shape index (κ2) is 5.49. The van der Waals surface area contributed by atoms with E-state index in [4.69, 9.17) is 0 Å². The number of rotatable bonds is 4. The topological polar surface area (TPSA) is 61.4 Å². The first-order valence-electron chi connectivity index (χ1n) is 6.43. The molecule has 2 aliphatic rings. The normalized spacial score (nSPS) is 24.5. The molecule has 0 spiro atoms. The molecule has 96 valence electrons. The van der Waals surface area contributed by atoms with E-state index in [1.54, 1.807) is 0 Å². The Morgan fingerprint density at radius 2 is 2.00 bits per heavy atom. The van der Waals surface area contributed by atoms with E-state index in [-0.39, 0.29) is 17.9 Å². The molecule has 1 saturated carbocycles. The van der Waals surface area contributed by atoms with Crippen LogP contribution in [0.2, 0.25) is 0 Å². The molecule has 0 aromatic carbocycles. The molecule has 1 heterocycles. The van der Waals surface area contributed by atoms with Gasteiger partial charge in [-0.05, 0) is 25.7 Å². The van der Waals surface area contributed by atoms with Crippen LogP contribution in [0.4, 0.5) is 0 Å². The van der Waals surface area contributed by atoms with Gasteiger partial charge in [-0.3, -0.25) is 9.59 Å². The molecule has 0 aromatic heterocycles. The summed E-state index contributed by atoms with van der Waals surface area (Å²) >= 11 is 0. The maximum atomic E-state index is 11.9. The Hall–Kier alpha value is -1.10. The van der Waals surface area contributed by atoms with Crippen LogP contribution >= 0.6 is 0 Å². The first kappa shape index (κ1) is 12.4. The molecule has 1 saturated heterocycles. The van der Waals surface area contributed by atoms with Gasteiger partial charge in [0.1, 0.15) is 0 Å². The predicted octanol–water partition coefficient (Wildman–Crippen LogP) is -0.134. The Kier molecular flexibility index (Phi) is 3.99. The van der Waals surface area contributed by atoms with E-state index in [2.05, 4.69) is 10.6 Å². The maximum Gasteiger partial charge on any atom is 0.236 e. The van der Waals surface area contributed by atoms with Gasteiger partial charge >= 0.3 is 0 Å². The first-order valence-corrected chi connectivity index (χ1v) is 6.43. The molecule has 17 heavy (non-hydrogen) atoms. The highest BCUT2D eigenvalue weighted by molar-refractivity contribution is 5.78. The Morgan fingerprint density at radius 3 is 2.65 bits per heavy atom. The zero-order valence-electron chi connectivity index (χ0n) is 10.4. The molecule has 1 unspecified atom stereocenters. The summed E-state index contributed by atoms with van der Waals surface area (Å²) in [5, 5.41) is 6.12. The van der Waals surface area contributed by atoms with Crippen molar-refractivity contribution < 1.29 is 9.59 Å². The molecule has 5 nitrogen and oxygen atoms in total. The third kappa shape index (κ3) is 4.00. The molecular weight excluding hydrogens is 218 g/mol. The van der Waals surface area contributed by atoms with Crippen LogP contribution in [0.5, 0.6) is 0 Å². The number of nitrogens with zero attached hydrogens (tertiary/aromatic N) is 1. The summed E-state index contributed by atoms with van der Waals surface area (Å²) in [6, 6.07) is 0.695. The monoisotopic (exact) mass is 239 g/mol. The number of piperidine rings is 1. The lowest BCUT2D eigenvalue weighted by Crippen LogP contribution is -2.51. The van der Waals surface area contributed by atoms with Crippen molar-refractivity contribution in [1.82, 2.24) is 15.5 Å². The lowest BCUT2D eigenvalue weighted by atomic mass is 10.1. The van der Waals surface area contributed by atoms with Gasteiger partial charge in [-0.2, -0.15) is 0 Å². The molecule has 2 N–H and O–H groups in total. The molecule has 1 aliphatic heterocycles. The fraction of sp³-hybridized carbons (Fsp3) is 0.833. The van der Waals surface area contributed by atoms with Crippen LogP contribution in [-0.2, 0) is 9.59 Å². The van der Waals surface area contributed by atoms with Crippen LogP contribution in [-0.4, -0.2) is 48.4 Å². The summed E-state index contributed by atoms with van der Waals surface area (Å²) < 4.78 is 0. The zero-order chi connectivity index (χ0) is 12.3. The van der Waals surface area contributed by atoms with Gasteiger partial charge in [0.25, 0.3) is 0 Å². The minimum Gasteiger partial charge on any atom is -0.352 e. The average Bonchev–Trinajstić information content (AvgIpc) is 3.09. The van der Waals surface area contributed by atoms with Gasteiger partial charge in [-0.1, -0.05) is 0 Å². The molecule has 1 aliphatic carbocycles. The van der Waals surface area contributed by atoms with E-state index in [1.165, 1.54) is 19.8 Å². The standard InChI is InChI=1S/C12H21N3O2/c1-9(16)14-11-3-2-6-15(8-11)12(17)7-13-10-4-5-10/h10-11,13H,2-8H2,1H3,(H,14,16). The van der Waals surface area contributed by atoms with E-state index in [0.717, 1.165) is 19.4 Å². The van der Waals surface area contributed by atoms with Gasteiger partial charge in [0.15, 0.2) is 0 Å². The van der Waals surface area contributed by atoms with Crippen molar-refractivity contribution in [1.29, 1.82) is 0 Å². The lowest BCUT2D eigenvalue weighted by molar-refractivity contribution is -0.132. The predicted molar refractivity (Wildman–Crippen MR) is 64.4 cm³/mol. The van der Waals surface area contributed by atoms with Gasteiger partial charge in [-0.25, -0.2) is 0 Å². The minimum atomic E-state index is -0.0135. The van der Waals surface area contributed by atoms with Crippen molar-refractivity contribution in [3.8, 4) is 0 Å². The van der Waals surface area contributed by atoms with Crippen molar-refractivity contribution in [2.45, 2.75) is 44.7 Å². The minimum absolute atomic E-state index is 0.0135. The maximum absolute atomic E-state index is 11.9. The van der Waals surface area contributed by atoms with Crippen LogP contribution in [0.1, 0.15) is 32.6 Å². The fourth-order valence-corrected chi connectivity index (χ4v) is 2.24. The second-order valence-corrected chi connectivity index (χ2v) is 5.03. The Bertz CT molecular complexity index is 302. The molecule has 2 fully saturated rings. The third-order valence-corrected chi connectivity index (χ3v) is 3.30. The van der Waals surface area contributed by atoms with Crippen molar-refractivity contribution in [2.75, 3.05) is 19.6 Å². The van der Waals surface area contributed by atoms with E-state index in [0.29, 0.717) is 19.1 Å². The van der Waals surface area contributed by atoms with Crippen LogP contribution in [0.3, 0.4) is 0 Å². The van der Waals surface area contributed by atoms with Crippen molar-refractivity contribution >= 4 is 11.8 Å². The van der Waals surface area contributed by atoms with Crippen LogP contribution in [0.15, 0.2) is 0 Å². The van der Waals surface area contributed by atoms with Crippen molar-refractivity contribution in [2.24, 2.45) is 0 Å². The first-order chi connectivity index (χ1) is 8.15. The molecular formula is C12H21N3O2. The van der Waals surface area contributed by atoms with Crippen molar-refractivity contribution in [3.63, 3.8) is 0 Å². The number of carbonyl (C=O) groups excluding carboxylic acids is 2. The number of hydrogen-bond acceptors (Lipinski definition) is 3. The SMILES string of the molecule is CC(=O)NC1CCCN(C(=O)CNC2CC2)C1. The summed E-state index contributed by atoms with van der Waals surface area (Å²) in [5.74, 6) is 0.146. The highest BCUT2D eigenvalue weighted by atomic mass is 16.2. The van der Waals surface area contributed by atoms with Gasteiger partial charge in [0.2, 0.25) is 11.8 Å². The van der Waals surface area contributed by atoms with Crippen molar-refractivity contribution in [3.05, 3.63) is 0 Å². The summed E-state index contributed by atoms with van der Waals surface area (Å²) in [4.78, 5) is 24.8. The molecule has 2 amide bonds. The molecule has 2 rings (SSSR count). The summed E-state index contributed by atoms with van der Waals surface area (Å²) in [5.41, 5.74) is 0.